The van der Waals surface area contributed by atoms with Gasteiger partial charge in [-0.1, -0.05) is 73.4 Å². The van der Waals surface area contributed by atoms with Crippen LogP contribution in [0.3, 0.4) is 0 Å². The van der Waals surface area contributed by atoms with Crippen molar-refractivity contribution in [1.82, 2.24) is 25.2 Å². The normalized spacial score (nSPS) is 11.3. The number of hydrogen-bond donors (Lipinski definition) is 1. The fraction of sp³-hybridized carbons (Fsp3) is 0.364. The highest BCUT2D eigenvalue weighted by Crippen LogP contribution is 2.23. The standard InChI is InChI=1S/C22H27Cl2N5/c1-3-28(4-2)13-12-25-15-21-22(17-8-6-5-7-9-17)27-29(26-21)16-18-10-11-19(23)14-20(18)24/h5-11,14,25H,3-4,12-13,15-16H2,1-2H3. The van der Waals surface area contributed by atoms with Gasteiger partial charge >= 0.3 is 0 Å². The summed E-state index contributed by atoms with van der Waals surface area (Å²) in [5.74, 6) is 0. The first kappa shape index (κ1) is 21.8. The molecule has 5 nitrogen and oxygen atoms in total. The van der Waals surface area contributed by atoms with Gasteiger partial charge in [0.05, 0.1) is 6.54 Å². The number of hydrogen-bond acceptors (Lipinski definition) is 4. The van der Waals surface area contributed by atoms with Crippen LogP contribution in [0, 0.1) is 0 Å². The van der Waals surface area contributed by atoms with E-state index in [4.69, 9.17) is 33.4 Å². The zero-order valence-electron chi connectivity index (χ0n) is 16.9. The van der Waals surface area contributed by atoms with Gasteiger partial charge in [-0.05, 0) is 30.8 Å². The molecular formula is C22H27Cl2N5. The lowest BCUT2D eigenvalue weighted by Crippen LogP contribution is -2.31. The van der Waals surface area contributed by atoms with Crippen LogP contribution >= 0.6 is 23.2 Å². The Morgan fingerprint density at radius 2 is 1.76 bits per heavy atom. The molecule has 0 fully saturated rings. The molecule has 0 spiro atoms. The van der Waals surface area contributed by atoms with Crippen LogP contribution in [0.4, 0.5) is 0 Å². The highest BCUT2D eigenvalue weighted by molar-refractivity contribution is 6.35. The molecule has 0 aliphatic carbocycles. The quantitative estimate of drug-likeness (QED) is 0.471. The first-order valence-corrected chi connectivity index (χ1v) is 10.7. The highest BCUT2D eigenvalue weighted by Gasteiger charge is 2.14. The monoisotopic (exact) mass is 431 g/mol. The minimum atomic E-state index is 0.495. The van der Waals surface area contributed by atoms with Gasteiger partial charge in [0, 0.05) is 35.2 Å². The lowest BCUT2D eigenvalue weighted by Gasteiger charge is -2.17. The van der Waals surface area contributed by atoms with E-state index < -0.39 is 0 Å². The molecule has 0 radical (unpaired) electrons. The second-order valence-electron chi connectivity index (χ2n) is 6.83. The average Bonchev–Trinajstić information content (AvgIpc) is 3.13. The minimum absolute atomic E-state index is 0.495. The minimum Gasteiger partial charge on any atom is -0.310 e. The summed E-state index contributed by atoms with van der Waals surface area (Å²) in [6.07, 6.45) is 0. The van der Waals surface area contributed by atoms with Crippen molar-refractivity contribution in [1.29, 1.82) is 0 Å². The molecule has 3 rings (SSSR count). The number of aromatic nitrogens is 3. The lowest BCUT2D eigenvalue weighted by atomic mass is 10.1. The lowest BCUT2D eigenvalue weighted by molar-refractivity contribution is 0.302. The maximum atomic E-state index is 6.33. The van der Waals surface area contributed by atoms with E-state index in [1.54, 1.807) is 10.9 Å². The summed E-state index contributed by atoms with van der Waals surface area (Å²) in [5.41, 5.74) is 3.82. The Bertz CT molecular complexity index is 907. The van der Waals surface area contributed by atoms with Gasteiger partial charge < -0.3 is 10.2 Å². The van der Waals surface area contributed by atoms with Crippen LogP contribution in [0.5, 0.6) is 0 Å². The first-order chi connectivity index (χ1) is 14.1. The van der Waals surface area contributed by atoms with Gasteiger partial charge in [0.2, 0.25) is 0 Å². The molecule has 3 aromatic rings. The van der Waals surface area contributed by atoms with Crippen LogP contribution in [-0.2, 0) is 13.1 Å². The van der Waals surface area contributed by atoms with Crippen LogP contribution in [0.25, 0.3) is 11.3 Å². The Balaban J connectivity index is 1.76. The molecule has 0 saturated heterocycles. The topological polar surface area (TPSA) is 46.0 Å². The molecule has 7 heteroatoms. The van der Waals surface area contributed by atoms with Gasteiger partial charge in [-0.15, -0.1) is 0 Å². The number of nitrogens with one attached hydrogen (secondary N) is 1. The summed E-state index contributed by atoms with van der Waals surface area (Å²) >= 11 is 12.3. The summed E-state index contributed by atoms with van der Waals surface area (Å²) in [6, 6.07) is 15.6. The molecule has 0 unspecified atom stereocenters. The Morgan fingerprint density at radius 1 is 1.00 bits per heavy atom. The summed E-state index contributed by atoms with van der Waals surface area (Å²) < 4.78 is 0. The largest absolute Gasteiger partial charge is 0.310 e. The van der Waals surface area contributed by atoms with Crippen LogP contribution in [0.2, 0.25) is 10.0 Å². The van der Waals surface area contributed by atoms with E-state index >= 15 is 0 Å². The molecule has 0 bridgehead atoms. The van der Waals surface area contributed by atoms with Gasteiger partial charge in [-0.2, -0.15) is 15.0 Å². The fourth-order valence-corrected chi connectivity index (χ4v) is 3.65. The van der Waals surface area contributed by atoms with Crippen LogP contribution in [-0.4, -0.2) is 46.1 Å². The molecule has 0 amide bonds. The molecule has 29 heavy (non-hydrogen) atoms. The molecule has 0 aliphatic heterocycles. The highest BCUT2D eigenvalue weighted by atomic mass is 35.5. The zero-order valence-corrected chi connectivity index (χ0v) is 18.4. The third-order valence-corrected chi connectivity index (χ3v) is 5.48. The average molecular weight is 432 g/mol. The van der Waals surface area contributed by atoms with Gasteiger partial charge in [0.25, 0.3) is 0 Å². The number of rotatable bonds is 10. The van der Waals surface area contributed by atoms with Crippen molar-refractivity contribution in [3.63, 3.8) is 0 Å². The van der Waals surface area contributed by atoms with E-state index in [9.17, 15) is 0 Å². The van der Waals surface area contributed by atoms with Gasteiger partial charge in [0.1, 0.15) is 11.4 Å². The molecule has 2 aromatic carbocycles. The molecule has 1 N–H and O–H groups in total. The SMILES string of the molecule is CCN(CC)CCNCc1nn(Cc2ccc(Cl)cc2Cl)nc1-c1ccccc1. The maximum Gasteiger partial charge on any atom is 0.117 e. The van der Waals surface area contributed by atoms with Crippen molar-refractivity contribution < 1.29 is 0 Å². The molecule has 1 aromatic heterocycles. The second kappa shape index (κ2) is 10.7. The van der Waals surface area contributed by atoms with Gasteiger partial charge in [0.15, 0.2) is 0 Å². The molecular weight excluding hydrogens is 405 g/mol. The number of nitrogens with zero attached hydrogens (tertiary/aromatic N) is 4. The van der Waals surface area contributed by atoms with Crippen LogP contribution < -0.4 is 5.32 Å². The zero-order chi connectivity index (χ0) is 20.6. The summed E-state index contributed by atoms with van der Waals surface area (Å²) in [4.78, 5) is 4.10. The number of likely N-dealkylation sites (N-methyl/N-ethyl adjacent to an activating group) is 1. The molecule has 1 heterocycles. The molecule has 0 saturated carbocycles. The van der Waals surface area contributed by atoms with Crippen molar-refractivity contribution in [2.75, 3.05) is 26.2 Å². The third-order valence-electron chi connectivity index (χ3n) is 4.89. The summed E-state index contributed by atoms with van der Waals surface area (Å²) in [6.45, 7) is 9.58. The summed E-state index contributed by atoms with van der Waals surface area (Å²) in [7, 11) is 0. The van der Waals surface area contributed by atoms with Crippen LogP contribution in [0.15, 0.2) is 48.5 Å². The predicted molar refractivity (Wildman–Crippen MR) is 121 cm³/mol. The van der Waals surface area contributed by atoms with Gasteiger partial charge in [-0.3, -0.25) is 0 Å². The second-order valence-corrected chi connectivity index (χ2v) is 7.67. The molecule has 0 atom stereocenters. The smallest absolute Gasteiger partial charge is 0.117 e. The fourth-order valence-electron chi connectivity index (χ4n) is 3.18. The van der Waals surface area contributed by atoms with E-state index in [1.807, 2.05) is 30.3 Å². The predicted octanol–water partition coefficient (Wildman–Crippen LogP) is 4.73. The van der Waals surface area contributed by atoms with E-state index in [2.05, 4.69) is 36.2 Å². The Kier molecular flexibility index (Phi) is 8.07. The van der Waals surface area contributed by atoms with Crippen molar-refractivity contribution in [3.05, 3.63) is 69.8 Å². The van der Waals surface area contributed by atoms with E-state index in [0.29, 0.717) is 23.1 Å². The van der Waals surface area contributed by atoms with Crippen molar-refractivity contribution in [2.45, 2.75) is 26.9 Å². The Hall–Kier alpha value is -1.92. The van der Waals surface area contributed by atoms with Crippen molar-refractivity contribution in [3.8, 4) is 11.3 Å². The third kappa shape index (κ3) is 6.03. The molecule has 154 valence electrons. The first-order valence-electron chi connectivity index (χ1n) is 9.97. The van der Waals surface area contributed by atoms with E-state index in [1.165, 1.54) is 0 Å². The maximum absolute atomic E-state index is 6.33. The number of benzene rings is 2. The Morgan fingerprint density at radius 3 is 2.45 bits per heavy atom. The molecule has 0 aliphatic rings. The number of halogens is 2. The van der Waals surface area contributed by atoms with Crippen LogP contribution in [0.1, 0.15) is 25.1 Å². The van der Waals surface area contributed by atoms with Gasteiger partial charge in [-0.25, -0.2) is 0 Å². The van der Waals surface area contributed by atoms with Crippen molar-refractivity contribution in [2.24, 2.45) is 0 Å². The summed E-state index contributed by atoms with van der Waals surface area (Å²) in [5, 5.41) is 14.2. The van der Waals surface area contributed by atoms with E-state index in [-0.39, 0.29) is 0 Å². The van der Waals surface area contributed by atoms with Crippen molar-refractivity contribution >= 4 is 23.2 Å². The Labute approximate surface area is 182 Å². The van der Waals surface area contributed by atoms with E-state index in [0.717, 1.165) is 48.7 Å².